The van der Waals surface area contributed by atoms with Gasteiger partial charge in [-0.05, 0) is 56.7 Å². The number of halogens is 1. The smallest absolute Gasteiger partial charge is 0.263 e. The Morgan fingerprint density at radius 2 is 1.81 bits per heavy atom. The summed E-state index contributed by atoms with van der Waals surface area (Å²) < 4.78 is 32.6. The van der Waals surface area contributed by atoms with Crippen molar-refractivity contribution in [2.24, 2.45) is 0 Å². The molecule has 3 rings (SSSR count). The van der Waals surface area contributed by atoms with Gasteiger partial charge in [0.1, 0.15) is 11.6 Å². The number of carbonyl (C=O) groups excluding carboxylic acids is 1. The number of sulfonamides is 1. The van der Waals surface area contributed by atoms with Gasteiger partial charge in [0.15, 0.2) is 5.60 Å². The highest BCUT2D eigenvalue weighted by Crippen LogP contribution is 2.21. The van der Waals surface area contributed by atoms with Crippen LogP contribution in [0.25, 0.3) is 0 Å². The molecule has 2 aromatic rings. The molecule has 32 heavy (non-hydrogen) atoms. The van der Waals surface area contributed by atoms with Gasteiger partial charge in [-0.2, -0.15) is 4.31 Å². The van der Waals surface area contributed by atoms with Crippen molar-refractivity contribution in [1.29, 1.82) is 0 Å². The van der Waals surface area contributed by atoms with Crippen LogP contribution in [0.1, 0.15) is 20.3 Å². The lowest BCUT2D eigenvalue weighted by Crippen LogP contribution is -2.50. The number of benzene rings is 1. The van der Waals surface area contributed by atoms with Crippen molar-refractivity contribution in [3.05, 3.63) is 53.7 Å². The standard InChI is InChI=1S/C22H29ClN4O4S/c1-22(2,31-19-9-7-18(23)8-10-19)21(28)25-12-5-17-32(29,30)27-15-13-26(14-16-27)20-6-3-4-11-24-20/h3-4,6-11H,5,12-17H2,1-2H3,(H,25,28). The maximum atomic E-state index is 12.7. The van der Waals surface area contributed by atoms with Crippen LogP contribution in [0.4, 0.5) is 5.82 Å². The molecule has 1 fully saturated rings. The van der Waals surface area contributed by atoms with E-state index in [2.05, 4.69) is 15.2 Å². The predicted molar refractivity (Wildman–Crippen MR) is 126 cm³/mol. The van der Waals surface area contributed by atoms with E-state index >= 15 is 0 Å². The second kappa shape index (κ2) is 10.5. The van der Waals surface area contributed by atoms with Gasteiger partial charge in [-0.3, -0.25) is 4.79 Å². The molecule has 1 saturated heterocycles. The van der Waals surface area contributed by atoms with E-state index in [4.69, 9.17) is 16.3 Å². The number of aromatic nitrogens is 1. The first-order valence-corrected chi connectivity index (χ1v) is 12.5. The minimum Gasteiger partial charge on any atom is -0.478 e. The van der Waals surface area contributed by atoms with E-state index < -0.39 is 15.6 Å². The molecule has 0 saturated carbocycles. The van der Waals surface area contributed by atoms with Crippen LogP contribution in [0.3, 0.4) is 0 Å². The van der Waals surface area contributed by atoms with E-state index in [1.54, 1.807) is 44.3 Å². The summed E-state index contributed by atoms with van der Waals surface area (Å²) in [7, 11) is -3.38. The summed E-state index contributed by atoms with van der Waals surface area (Å²) in [5.74, 6) is 1.06. The maximum absolute atomic E-state index is 12.7. The van der Waals surface area contributed by atoms with Gasteiger partial charge in [0.25, 0.3) is 5.91 Å². The molecule has 1 N–H and O–H groups in total. The molecule has 1 aliphatic rings. The Bertz CT molecular complexity index is 992. The van der Waals surface area contributed by atoms with Gasteiger partial charge in [-0.25, -0.2) is 13.4 Å². The average Bonchev–Trinajstić information content (AvgIpc) is 2.78. The zero-order chi connectivity index (χ0) is 23.2. The van der Waals surface area contributed by atoms with Gasteiger partial charge < -0.3 is 15.0 Å². The van der Waals surface area contributed by atoms with Crippen LogP contribution in [0.2, 0.25) is 5.02 Å². The number of carbonyl (C=O) groups is 1. The Morgan fingerprint density at radius 1 is 1.12 bits per heavy atom. The Balaban J connectivity index is 1.41. The van der Waals surface area contributed by atoms with E-state index in [0.717, 1.165) is 5.82 Å². The monoisotopic (exact) mass is 480 g/mol. The third kappa shape index (κ3) is 6.57. The molecule has 0 spiro atoms. The summed E-state index contributed by atoms with van der Waals surface area (Å²) in [5, 5.41) is 3.35. The second-order valence-corrected chi connectivity index (χ2v) is 10.6. The molecule has 1 aromatic heterocycles. The number of pyridine rings is 1. The van der Waals surface area contributed by atoms with Crippen LogP contribution >= 0.6 is 11.6 Å². The summed E-state index contributed by atoms with van der Waals surface area (Å²) in [4.78, 5) is 18.9. The Hall–Kier alpha value is -2.36. The molecule has 1 amide bonds. The van der Waals surface area contributed by atoms with Crippen LogP contribution in [0, 0.1) is 0 Å². The van der Waals surface area contributed by atoms with E-state index in [0.29, 0.717) is 43.4 Å². The largest absolute Gasteiger partial charge is 0.478 e. The lowest BCUT2D eigenvalue weighted by atomic mass is 10.1. The molecular weight excluding hydrogens is 452 g/mol. The lowest BCUT2D eigenvalue weighted by molar-refractivity contribution is -0.134. The Morgan fingerprint density at radius 3 is 2.44 bits per heavy atom. The number of nitrogens with zero attached hydrogens (tertiary/aromatic N) is 3. The van der Waals surface area contributed by atoms with Crippen molar-refractivity contribution < 1.29 is 17.9 Å². The SMILES string of the molecule is CC(C)(Oc1ccc(Cl)cc1)C(=O)NCCCS(=O)(=O)N1CCN(c2ccccn2)CC1. The van der Waals surface area contributed by atoms with Gasteiger partial charge >= 0.3 is 0 Å². The summed E-state index contributed by atoms with van der Waals surface area (Å²) in [6.45, 7) is 5.62. The van der Waals surface area contributed by atoms with Gasteiger partial charge in [0, 0.05) is 43.9 Å². The molecular formula is C22H29ClN4O4S. The fraction of sp³-hybridized carbons (Fsp3) is 0.455. The van der Waals surface area contributed by atoms with Crippen molar-refractivity contribution in [3.8, 4) is 5.75 Å². The molecule has 8 nitrogen and oxygen atoms in total. The first-order chi connectivity index (χ1) is 15.2. The summed E-state index contributed by atoms with van der Waals surface area (Å²) in [6.07, 6.45) is 2.06. The number of nitrogens with one attached hydrogen (secondary N) is 1. The third-order valence-electron chi connectivity index (χ3n) is 5.20. The predicted octanol–water partition coefficient (Wildman–Crippen LogP) is 2.55. The Kier molecular flexibility index (Phi) is 7.97. The fourth-order valence-electron chi connectivity index (χ4n) is 3.38. The molecule has 2 heterocycles. The third-order valence-corrected chi connectivity index (χ3v) is 7.41. The van der Waals surface area contributed by atoms with Gasteiger partial charge in [0.2, 0.25) is 10.0 Å². The van der Waals surface area contributed by atoms with Gasteiger partial charge in [-0.15, -0.1) is 0 Å². The van der Waals surface area contributed by atoms with Crippen molar-refractivity contribution in [1.82, 2.24) is 14.6 Å². The average molecular weight is 481 g/mol. The zero-order valence-corrected chi connectivity index (χ0v) is 19.9. The highest BCUT2D eigenvalue weighted by atomic mass is 35.5. The first-order valence-electron chi connectivity index (χ1n) is 10.5. The van der Waals surface area contributed by atoms with Crippen LogP contribution < -0.4 is 15.0 Å². The van der Waals surface area contributed by atoms with Crippen molar-refractivity contribution in [3.63, 3.8) is 0 Å². The summed E-state index contributed by atoms with van der Waals surface area (Å²) >= 11 is 5.87. The number of amides is 1. The fourth-order valence-corrected chi connectivity index (χ4v) is 4.99. The topological polar surface area (TPSA) is 91.8 Å². The highest BCUT2D eigenvalue weighted by molar-refractivity contribution is 7.89. The lowest BCUT2D eigenvalue weighted by Gasteiger charge is -2.34. The normalized spacial score (nSPS) is 15.4. The van der Waals surface area contributed by atoms with E-state index in [9.17, 15) is 13.2 Å². The number of ether oxygens (including phenoxy) is 1. The van der Waals surface area contributed by atoms with E-state index in [-0.39, 0.29) is 18.2 Å². The molecule has 174 valence electrons. The second-order valence-electron chi connectivity index (χ2n) is 8.07. The highest BCUT2D eigenvalue weighted by Gasteiger charge is 2.30. The molecule has 0 radical (unpaired) electrons. The number of piperazine rings is 1. The molecule has 0 unspecified atom stereocenters. The molecule has 0 aliphatic carbocycles. The van der Waals surface area contributed by atoms with Crippen LogP contribution in [0.15, 0.2) is 48.7 Å². The first kappa shape index (κ1) is 24.3. The minimum absolute atomic E-state index is 0.0185. The van der Waals surface area contributed by atoms with Crippen molar-refractivity contribution in [2.75, 3.05) is 43.4 Å². The number of anilines is 1. The molecule has 10 heteroatoms. The van der Waals surface area contributed by atoms with Crippen molar-refractivity contribution in [2.45, 2.75) is 25.9 Å². The summed E-state index contributed by atoms with van der Waals surface area (Å²) in [6, 6.07) is 12.5. The van der Waals surface area contributed by atoms with Gasteiger partial charge in [0.05, 0.1) is 5.75 Å². The molecule has 1 aliphatic heterocycles. The number of hydrogen-bond acceptors (Lipinski definition) is 6. The molecule has 0 bridgehead atoms. The van der Waals surface area contributed by atoms with Gasteiger partial charge in [-0.1, -0.05) is 17.7 Å². The van der Waals surface area contributed by atoms with E-state index in [1.807, 2.05) is 18.2 Å². The minimum atomic E-state index is -3.38. The summed E-state index contributed by atoms with van der Waals surface area (Å²) in [5.41, 5.74) is -1.10. The quantitative estimate of drug-likeness (QED) is 0.554. The van der Waals surface area contributed by atoms with Crippen LogP contribution in [-0.4, -0.2) is 67.7 Å². The molecule has 0 atom stereocenters. The van der Waals surface area contributed by atoms with Crippen LogP contribution in [0.5, 0.6) is 5.75 Å². The number of hydrogen-bond donors (Lipinski definition) is 1. The zero-order valence-electron chi connectivity index (χ0n) is 18.3. The Labute approximate surface area is 194 Å². The maximum Gasteiger partial charge on any atom is 0.263 e. The molecule has 1 aromatic carbocycles. The number of rotatable bonds is 9. The van der Waals surface area contributed by atoms with Crippen LogP contribution in [-0.2, 0) is 14.8 Å². The van der Waals surface area contributed by atoms with Crippen molar-refractivity contribution >= 4 is 33.3 Å². The van der Waals surface area contributed by atoms with E-state index in [1.165, 1.54) is 4.31 Å².